The summed E-state index contributed by atoms with van der Waals surface area (Å²) in [4.78, 5) is 24.9. The lowest BCUT2D eigenvalue weighted by molar-refractivity contribution is -0.154. The summed E-state index contributed by atoms with van der Waals surface area (Å²) >= 11 is 0. The lowest BCUT2D eigenvalue weighted by Crippen LogP contribution is -2.43. The standard InChI is InChI=1S/C12H20O3Si3/c1-16-8-6-4-5-7(8)12(18-3)10(14)15-9(13)11(6,12)17-2/h4-8H,16-18H2,1-3H3. The van der Waals surface area contributed by atoms with Crippen molar-refractivity contribution in [2.45, 2.75) is 35.3 Å². The number of allylic oxidation sites excluding steroid dienone is 2. The Morgan fingerprint density at radius 1 is 1.00 bits per heavy atom. The predicted octanol–water partition coefficient (Wildman–Crippen LogP) is -0.358. The van der Waals surface area contributed by atoms with Crippen molar-refractivity contribution in [1.82, 2.24) is 0 Å². The van der Waals surface area contributed by atoms with E-state index in [2.05, 4.69) is 31.8 Å². The monoisotopic (exact) mass is 296 g/mol. The Morgan fingerprint density at radius 2 is 1.44 bits per heavy atom. The maximum absolute atomic E-state index is 12.4. The molecule has 0 amide bonds. The van der Waals surface area contributed by atoms with E-state index >= 15 is 0 Å². The molecule has 0 radical (unpaired) electrons. The van der Waals surface area contributed by atoms with Crippen LogP contribution in [0.1, 0.15) is 0 Å². The van der Waals surface area contributed by atoms with Crippen molar-refractivity contribution >= 4 is 40.5 Å². The lowest BCUT2D eigenvalue weighted by Gasteiger charge is -2.39. The van der Waals surface area contributed by atoms with Crippen molar-refractivity contribution in [3.63, 3.8) is 0 Å². The van der Waals surface area contributed by atoms with Gasteiger partial charge in [-0.05, 0) is 17.4 Å². The highest BCUT2D eigenvalue weighted by Crippen LogP contribution is 2.79. The van der Waals surface area contributed by atoms with Gasteiger partial charge in [-0.15, -0.1) is 0 Å². The molecular formula is C12H20O3Si3. The van der Waals surface area contributed by atoms with E-state index < -0.39 is 19.0 Å². The first-order valence-corrected chi connectivity index (χ1v) is 13.5. The molecule has 18 heavy (non-hydrogen) atoms. The molecule has 2 bridgehead atoms. The lowest BCUT2D eigenvalue weighted by atomic mass is 9.82. The van der Waals surface area contributed by atoms with Crippen LogP contribution in [-0.4, -0.2) is 40.5 Å². The van der Waals surface area contributed by atoms with Crippen molar-refractivity contribution in [3.8, 4) is 0 Å². The summed E-state index contributed by atoms with van der Waals surface area (Å²) in [6, 6.07) is 0. The van der Waals surface area contributed by atoms with Crippen LogP contribution < -0.4 is 0 Å². The van der Waals surface area contributed by atoms with Crippen LogP contribution in [0.4, 0.5) is 0 Å². The van der Waals surface area contributed by atoms with Crippen LogP contribution in [0, 0.1) is 11.8 Å². The van der Waals surface area contributed by atoms with Crippen LogP contribution in [-0.2, 0) is 14.3 Å². The Morgan fingerprint density at radius 3 is 1.78 bits per heavy atom. The SMILES string of the molecule is C[SiH2]C1C2C=CC1C1([SiH2]C)C(=O)OC(=O)C21[SiH2]C. The summed E-state index contributed by atoms with van der Waals surface area (Å²) in [6.07, 6.45) is 4.51. The summed E-state index contributed by atoms with van der Waals surface area (Å²) in [5.74, 6) is 0.394. The third-order valence-electron chi connectivity index (χ3n) is 5.88. The van der Waals surface area contributed by atoms with Gasteiger partial charge in [-0.1, -0.05) is 31.8 Å². The first kappa shape index (κ1) is 12.6. The minimum absolute atomic E-state index is 0.152. The molecule has 3 aliphatic rings. The zero-order chi connectivity index (χ0) is 13.1. The molecule has 0 aromatic heterocycles. The van der Waals surface area contributed by atoms with Gasteiger partial charge in [0.15, 0.2) is 0 Å². The van der Waals surface area contributed by atoms with Crippen LogP contribution >= 0.6 is 0 Å². The molecule has 1 heterocycles. The second-order valence-electron chi connectivity index (χ2n) is 5.84. The molecule has 2 fully saturated rings. The van der Waals surface area contributed by atoms with Gasteiger partial charge in [-0.25, -0.2) is 0 Å². The number of carbonyl (C=O) groups excluding carboxylic acids is 2. The van der Waals surface area contributed by atoms with Crippen LogP contribution in [0.5, 0.6) is 0 Å². The van der Waals surface area contributed by atoms with Crippen molar-refractivity contribution in [2.75, 3.05) is 0 Å². The van der Waals surface area contributed by atoms with Crippen LogP contribution in [0.25, 0.3) is 0 Å². The zero-order valence-electron chi connectivity index (χ0n) is 11.2. The van der Waals surface area contributed by atoms with Crippen molar-refractivity contribution in [3.05, 3.63) is 12.2 Å². The molecule has 1 saturated carbocycles. The second kappa shape index (κ2) is 3.77. The van der Waals surface area contributed by atoms with Crippen LogP contribution in [0.2, 0.25) is 35.3 Å². The number of esters is 2. The largest absolute Gasteiger partial charge is 0.393 e. The molecule has 6 heteroatoms. The number of ether oxygens (including phenoxy) is 1. The Balaban J connectivity index is 2.25. The summed E-state index contributed by atoms with van der Waals surface area (Å²) in [5.41, 5.74) is 0.640. The van der Waals surface area contributed by atoms with Gasteiger partial charge in [0.1, 0.15) is 0 Å². The fourth-order valence-electron chi connectivity index (χ4n) is 5.20. The average molecular weight is 297 g/mol. The third-order valence-corrected chi connectivity index (χ3v) is 13.4. The van der Waals surface area contributed by atoms with Gasteiger partial charge >= 0.3 is 11.9 Å². The summed E-state index contributed by atoms with van der Waals surface area (Å²) in [6.45, 7) is 6.72. The molecule has 0 N–H and O–H groups in total. The van der Waals surface area contributed by atoms with Crippen molar-refractivity contribution < 1.29 is 14.3 Å². The molecule has 2 aliphatic carbocycles. The normalized spacial score (nSPS) is 50.7. The Kier molecular flexibility index (Phi) is 2.63. The quantitative estimate of drug-likeness (QED) is 0.309. The van der Waals surface area contributed by atoms with E-state index in [-0.39, 0.29) is 31.5 Å². The first-order chi connectivity index (χ1) is 8.60. The number of fused-ring (bicyclic) bond motifs is 5. The highest BCUT2D eigenvalue weighted by atomic mass is 28.2. The molecule has 1 aliphatic heterocycles. The van der Waals surface area contributed by atoms with Crippen LogP contribution in [0.15, 0.2) is 12.2 Å². The highest BCUT2D eigenvalue weighted by molar-refractivity contribution is 6.61. The minimum Gasteiger partial charge on any atom is -0.393 e. The maximum atomic E-state index is 12.4. The van der Waals surface area contributed by atoms with Crippen LogP contribution in [0.3, 0.4) is 0 Å². The van der Waals surface area contributed by atoms with Crippen molar-refractivity contribution in [2.24, 2.45) is 11.8 Å². The summed E-state index contributed by atoms with van der Waals surface area (Å²) in [7, 11) is -1.41. The topological polar surface area (TPSA) is 43.4 Å². The van der Waals surface area contributed by atoms with Gasteiger partial charge in [0.25, 0.3) is 0 Å². The zero-order valence-corrected chi connectivity index (χ0v) is 15.5. The highest BCUT2D eigenvalue weighted by Gasteiger charge is 2.78. The van der Waals surface area contributed by atoms with E-state index in [1.807, 2.05) is 0 Å². The van der Waals surface area contributed by atoms with E-state index in [1.165, 1.54) is 0 Å². The van der Waals surface area contributed by atoms with Gasteiger partial charge in [0.05, 0.1) is 10.1 Å². The Bertz CT molecular complexity index is 425. The minimum atomic E-state index is -0.607. The molecule has 1 saturated heterocycles. The molecule has 4 unspecified atom stereocenters. The van der Waals surface area contributed by atoms with Gasteiger partial charge in [0, 0.05) is 28.6 Å². The third kappa shape index (κ3) is 0.991. The summed E-state index contributed by atoms with van der Waals surface area (Å²) < 4.78 is 5.16. The van der Waals surface area contributed by atoms with E-state index in [0.29, 0.717) is 17.4 Å². The smallest absolute Gasteiger partial charge is 0.317 e. The van der Waals surface area contributed by atoms with E-state index in [0.717, 1.165) is 0 Å². The summed E-state index contributed by atoms with van der Waals surface area (Å²) in [5, 5.41) is -0.698. The van der Waals surface area contributed by atoms with Gasteiger partial charge in [-0.2, -0.15) is 0 Å². The fourth-order valence-corrected chi connectivity index (χ4v) is 14.1. The van der Waals surface area contributed by atoms with Crippen molar-refractivity contribution in [1.29, 1.82) is 0 Å². The number of carbonyl (C=O) groups is 2. The number of cyclic esters (lactones) is 2. The first-order valence-electron chi connectivity index (χ1n) is 7.05. The van der Waals surface area contributed by atoms with Gasteiger partial charge in [0.2, 0.25) is 0 Å². The molecular weight excluding hydrogens is 276 g/mol. The molecule has 98 valence electrons. The Labute approximate surface area is 114 Å². The van der Waals surface area contributed by atoms with Gasteiger partial charge in [-0.3, -0.25) is 9.59 Å². The number of hydrogen-bond acceptors (Lipinski definition) is 3. The number of rotatable bonds is 3. The molecule has 0 aromatic carbocycles. The number of hydrogen-bond donors (Lipinski definition) is 0. The van der Waals surface area contributed by atoms with E-state index in [9.17, 15) is 9.59 Å². The molecule has 4 atom stereocenters. The molecule has 0 spiro atoms. The molecule has 3 rings (SSSR count). The second-order valence-corrected chi connectivity index (χ2v) is 11.2. The fraction of sp³-hybridized carbons (Fsp3) is 0.667. The molecule has 3 nitrogen and oxygen atoms in total. The maximum Gasteiger partial charge on any atom is 0.317 e. The Hall–Kier alpha value is -0.469. The predicted molar refractivity (Wildman–Crippen MR) is 79.6 cm³/mol. The van der Waals surface area contributed by atoms with Gasteiger partial charge < -0.3 is 4.74 Å². The van der Waals surface area contributed by atoms with E-state index in [4.69, 9.17) is 4.74 Å². The van der Waals surface area contributed by atoms with E-state index in [1.54, 1.807) is 0 Å². The average Bonchev–Trinajstić information content (AvgIpc) is 2.96. The molecule has 0 aromatic rings.